The van der Waals surface area contributed by atoms with E-state index in [4.69, 9.17) is 0 Å². The largest absolute Gasteiger partial charge is 0.506 e. The molecule has 0 radical (unpaired) electrons. The predicted molar refractivity (Wildman–Crippen MR) is 85.7 cm³/mol. The maximum absolute atomic E-state index is 12.8. The first-order chi connectivity index (χ1) is 12.2. The minimum absolute atomic E-state index is 0.0889. The molecule has 0 aliphatic heterocycles. The first kappa shape index (κ1) is 17.6. The Kier molecular flexibility index (Phi) is 4.26. The van der Waals surface area contributed by atoms with Gasteiger partial charge in [-0.1, -0.05) is 12.1 Å². The smallest absolute Gasteiger partial charge is 0.453 e. The summed E-state index contributed by atoms with van der Waals surface area (Å²) in [4.78, 5) is 19.7. The normalized spacial score (nSPS) is 11.7. The van der Waals surface area contributed by atoms with Gasteiger partial charge in [-0.2, -0.15) is 18.2 Å². The number of aromatic hydroxyl groups is 1. The second-order valence-corrected chi connectivity index (χ2v) is 5.65. The highest BCUT2D eigenvalue weighted by Crippen LogP contribution is 2.27. The van der Waals surface area contributed by atoms with Crippen LogP contribution < -0.4 is 5.32 Å². The molecule has 0 unspecified atom stereocenters. The van der Waals surface area contributed by atoms with Crippen LogP contribution in [0.1, 0.15) is 22.8 Å². The zero-order chi connectivity index (χ0) is 19.1. The molecule has 10 heteroatoms. The summed E-state index contributed by atoms with van der Waals surface area (Å²) in [6.07, 6.45) is -4.83. The van der Waals surface area contributed by atoms with Crippen LogP contribution in [0.5, 0.6) is 5.75 Å². The number of alkyl halides is 3. The Morgan fingerprint density at radius 1 is 1.23 bits per heavy atom. The second kappa shape index (κ2) is 6.28. The van der Waals surface area contributed by atoms with E-state index < -0.39 is 17.9 Å². The molecule has 7 nitrogen and oxygen atoms in total. The van der Waals surface area contributed by atoms with Crippen LogP contribution in [0.4, 0.5) is 18.9 Å². The van der Waals surface area contributed by atoms with Gasteiger partial charge in [-0.3, -0.25) is 4.79 Å². The van der Waals surface area contributed by atoms with Crippen molar-refractivity contribution in [3.8, 4) is 5.75 Å². The number of anilines is 1. The molecule has 0 saturated heterocycles. The average molecular weight is 365 g/mol. The van der Waals surface area contributed by atoms with Gasteiger partial charge in [-0.25, -0.2) is 9.50 Å². The summed E-state index contributed by atoms with van der Waals surface area (Å²) in [5, 5.41) is 15.7. The number of phenols is 1. The zero-order valence-electron chi connectivity index (χ0n) is 13.8. The number of hydrogen-bond donors (Lipinski definition) is 2. The third-order valence-electron chi connectivity index (χ3n) is 3.82. The SMILES string of the molecule is Cc1nc2nc(C(F)(F)F)nn2c(C)c1CC(=O)Nc1ccccc1O. The number of aryl methyl sites for hydroxylation is 2. The number of aromatic nitrogens is 4. The van der Waals surface area contributed by atoms with E-state index in [2.05, 4.69) is 20.4 Å². The lowest BCUT2D eigenvalue weighted by Gasteiger charge is -2.11. The van der Waals surface area contributed by atoms with E-state index >= 15 is 0 Å². The van der Waals surface area contributed by atoms with Gasteiger partial charge in [0.2, 0.25) is 5.91 Å². The molecular weight excluding hydrogens is 351 g/mol. The highest BCUT2D eigenvalue weighted by molar-refractivity contribution is 5.93. The molecule has 2 aromatic heterocycles. The molecule has 0 fully saturated rings. The van der Waals surface area contributed by atoms with Crippen molar-refractivity contribution in [2.24, 2.45) is 0 Å². The summed E-state index contributed by atoms with van der Waals surface area (Å²) in [7, 11) is 0. The molecule has 3 aromatic rings. The first-order valence-electron chi connectivity index (χ1n) is 7.54. The second-order valence-electron chi connectivity index (χ2n) is 5.65. The quantitative estimate of drug-likeness (QED) is 0.696. The summed E-state index contributed by atoms with van der Waals surface area (Å²) in [5.41, 5.74) is 1.39. The van der Waals surface area contributed by atoms with Crippen molar-refractivity contribution in [2.45, 2.75) is 26.4 Å². The number of nitrogens with zero attached hydrogens (tertiary/aromatic N) is 4. The molecule has 0 aliphatic rings. The molecule has 0 bridgehead atoms. The molecular formula is C16H14F3N5O2. The van der Waals surface area contributed by atoms with E-state index in [0.29, 0.717) is 17.0 Å². The lowest BCUT2D eigenvalue weighted by atomic mass is 10.1. The number of fused-ring (bicyclic) bond motifs is 1. The van der Waals surface area contributed by atoms with E-state index in [-0.39, 0.29) is 23.6 Å². The van der Waals surface area contributed by atoms with Crippen molar-refractivity contribution in [3.05, 3.63) is 47.0 Å². The minimum atomic E-state index is -4.68. The van der Waals surface area contributed by atoms with Crippen molar-refractivity contribution in [3.63, 3.8) is 0 Å². The lowest BCUT2D eigenvalue weighted by molar-refractivity contribution is -0.144. The van der Waals surface area contributed by atoms with Gasteiger partial charge in [-0.05, 0) is 26.0 Å². The fourth-order valence-electron chi connectivity index (χ4n) is 2.52. The predicted octanol–water partition coefficient (Wildman–Crippen LogP) is 2.65. The number of nitrogens with one attached hydrogen (secondary N) is 1. The van der Waals surface area contributed by atoms with Gasteiger partial charge in [0.15, 0.2) is 0 Å². The Hall–Kier alpha value is -3.17. The Morgan fingerprint density at radius 3 is 2.58 bits per heavy atom. The third-order valence-corrected chi connectivity index (χ3v) is 3.82. The molecule has 136 valence electrons. The number of phenolic OH excluding ortho intramolecular Hbond substituents is 1. The van der Waals surface area contributed by atoms with Crippen LogP contribution in [0.25, 0.3) is 5.78 Å². The number of para-hydroxylation sites is 2. The molecule has 0 atom stereocenters. The van der Waals surface area contributed by atoms with Crippen molar-refractivity contribution in [1.29, 1.82) is 0 Å². The van der Waals surface area contributed by atoms with Gasteiger partial charge in [0, 0.05) is 17.0 Å². The summed E-state index contributed by atoms with van der Waals surface area (Å²) in [5.74, 6) is -2.01. The third kappa shape index (κ3) is 3.30. The number of hydrogen-bond acceptors (Lipinski definition) is 5. The number of carbonyl (C=O) groups excluding carboxylic acids is 1. The van der Waals surface area contributed by atoms with E-state index in [0.717, 1.165) is 4.52 Å². The average Bonchev–Trinajstić information content (AvgIpc) is 2.98. The minimum Gasteiger partial charge on any atom is -0.506 e. The maximum Gasteiger partial charge on any atom is 0.453 e. The van der Waals surface area contributed by atoms with E-state index in [1.54, 1.807) is 26.0 Å². The molecule has 2 N–H and O–H groups in total. The van der Waals surface area contributed by atoms with Crippen molar-refractivity contribution in [2.75, 3.05) is 5.32 Å². The van der Waals surface area contributed by atoms with E-state index in [1.165, 1.54) is 12.1 Å². The molecule has 0 spiro atoms. The van der Waals surface area contributed by atoms with Crippen LogP contribution in [-0.2, 0) is 17.4 Å². The van der Waals surface area contributed by atoms with Gasteiger partial charge in [0.1, 0.15) is 5.75 Å². The van der Waals surface area contributed by atoms with Crippen LogP contribution in [0.15, 0.2) is 24.3 Å². The topological polar surface area (TPSA) is 92.4 Å². The van der Waals surface area contributed by atoms with Crippen LogP contribution in [-0.4, -0.2) is 30.6 Å². The molecule has 0 aliphatic carbocycles. The lowest BCUT2D eigenvalue weighted by Crippen LogP contribution is -2.18. The highest BCUT2D eigenvalue weighted by Gasteiger charge is 2.37. The number of rotatable bonds is 3. The van der Waals surface area contributed by atoms with E-state index in [1.807, 2.05) is 0 Å². The fraction of sp³-hybridized carbons (Fsp3) is 0.250. The van der Waals surface area contributed by atoms with Gasteiger partial charge in [-0.15, -0.1) is 5.10 Å². The highest BCUT2D eigenvalue weighted by atomic mass is 19.4. The number of halogens is 3. The standard InChI is InChI=1S/C16H14F3N5O2/c1-8-10(7-13(26)21-11-5-3-4-6-12(11)25)9(2)24-15(20-8)22-14(23-24)16(17,18)19/h3-6,25H,7H2,1-2H3,(H,21,26). The monoisotopic (exact) mass is 365 g/mol. The summed E-state index contributed by atoms with van der Waals surface area (Å²) in [6, 6.07) is 6.21. The zero-order valence-corrected chi connectivity index (χ0v) is 13.8. The summed E-state index contributed by atoms with van der Waals surface area (Å²) >= 11 is 0. The van der Waals surface area contributed by atoms with Crippen LogP contribution in [0, 0.1) is 13.8 Å². The molecule has 1 aromatic carbocycles. The summed E-state index contributed by atoms with van der Waals surface area (Å²) < 4.78 is 39.4. The van der Waals surface area contributed by atoms with E-state index in [9.17, 15) is 23.1 Å². The van der Waals surface area contributed by atoms with Crippen LogP contribution >= 0.6 is 0 Å². The molecule has 2 heterocycles. The molecule has 1 amide bonds. The molecule has 0 saturated carbocycles. The van der Waals surface area contributed by atoms with Crippen molar-refractivity contribution in [1.82, 2.24) is 19.6 Å². The van der Waals surface area contributed by atoms with Gasteiger partial charge < -0.3 is 10.4 Å². The van der Waals surface area contributed by atoms with Crippen molar-refractivity contribution >= 4 is 17.4 Å². The number of benzene rings is 1. The van der Waals surface area contributed by atoms with Gasteiger partial charge in [0.05, 0.1) is 12.1 Å². The Labute approximate surface area is 145 Å². The molecule has 3 rings (SSSR count). The van der Waals surface area contributed by atoms with Crippen LogP contribution in [0.2, 0.25) is 0 Å². The van der Waals surface area contributed by atoms with Crippen molar-refractivity contribution < 1.29 is 23.1 Å². The number of amides is 1. The Morgan fingerprint density at radius 2 is 1.92 bits per heavy atom. The molecule has 26 heavy (non-hydrogen) atoms. The van der Waals surface area contributed by atoms with Crippen LogP contribution in [0.3, 0.4) is 0 Å². The summed E-state index contributed by atoms with van der Waals surface area (Å²) in [6.45, 7) is 3.12. The van der Waals surface area contributed by atoms with Gasteiger partial charge in [0.25, 0.3) is 11.6 Å². The Bertz CT molecular complexity index is 997. The number of carbonyl (C=O) groups is 1. The Balaban J connectivity index is 1.92. The fourth-order valence-corrected chi connectivity index (χ4v) is 2.52. The maximum atomic E-state index is 12.8. The van der Waals surface area contributed by atoms with Gasteiger partial charge >= 0.3 is 6.18 Å². The first-order valence-corrected chi connectivity index (χ1v) is 7.54.